The third kappa shape index (κ3) is 3.23. The van der Waals surface area contributed by atoms with E-state index in [1.54, 1.807) is 0 Å². The van der Waals surface area contributed by atoms with E-state index in [4.69, 9.17) is 4.74 Å². The highest BCUT2D eigenvalue weighted by atomic mass is 16.5. The smallest absolute Gasteiger partial charge is 0.341 e. The van der Waals surface area contributed by atoms with Crippen molar-refractivity contribution < 1.29 is 9.53 Å². The van der Waals surface area contributed by atoms with Gasteiger partial charge in [0.25, 0.3) is 0 Å². The van der Waals surface area contributed by atoms with Crippen molar-refractivity contribution >= 4 is 22.4 Å². The Labute approximate surface area is 159 Å². The summed E-state index contributed by atoms with van der Waals surface area (Å²) in [5, 5.41) is 1.19. The lowest BCUT2D eigenvalue weighted by Gasteiger charge is -2.30. The Hall–Kier alpha value is -3.01. The maximum Gasteiger partial charge on any atom is 0.341 e. The van der Waals surface area contributed by atoms with Crippen molar-refractivity contribution in [1.82, 2.24) is 9.88 Å². The fraction of sp³-hybridized carbons (Fsp3) is 0.261. The van der Waals surface area contributed by atoms with Gasteiger partial charge in [0.1, 0.15) is 0 Å². The van der Waals surface area contributed by atoms with E-state index in [-0.39, 0.29) is 12.0 Å². The second-order valence-electron chi connectivity index (χ2n) is 6.99. The molecule has 4 nitrogen and oxygen atoms in total. The van der Waals surface area contributed by atoms with E-state index in [9.17, 15) is 4.79 Å². The molecule has 0 saturated carbocycles. The Kier molecular flexibility index (Phi) is 4.71. The normalized spacial score (nSPS) is 17.4. The van der Waals surface area contributed by atoms with Crippen molar-refractivity contribution in [3.05, 3.63) is 77.6 Å². The highest BCUT2D eigenvalue weighted by molar-refractivity contribution is 6.17. The van der Waals surface area contributed by atoms with E-state index in [0.29, 0.717) is 5.57 Å². The van der Waals surface area contributed by atoms with Crippen LogP contribution in [-0.4, -0.2) is 29.5 Å². The van der Waals surface area contributed by atoms with E-state index in [0.717, 1.165) is 30.6 Å². The number of fused-ring (bicyclic) bond motifs is 3. The lowest BCUT2D eigenvalue weighted by Crippen LogP contribution is -2.26. The minimum atomic E-state index is -0.310. The van der Waals surface area contributed by atoms with Gasteiger partial charge in [0.2, 0.25) is 0 Å². The number of methoxy groups -OCH3 is 1. The first-order chi connectivity index (χ1) is 13.2. The second kappa shape index (κ2) is 7.31. The second-order valence-corrected chi connectivity index (χ2v) is 6.99. The Morgan fingerprint density at radius 1 is 1.11 bits per heavy atom. The summed E-state index contributed by atoms with van der Waals surface area (Å²) in [5.41, 5.74) is 4.96. The number of nitrogens with zero attached hydrogens (tertiary/aromatic N) is 1. The number of carbonyl (C=O) groups is 1. The standard InChI is InChI=1S/C23H24N2O2/c1-16(17-9-4-3-5-10-17)25-14-8-12-19-18-11-6-7-13-21(18)24-22(19)20(15-25)23(26)27-2/h3-7,9-11,13,15-16,24H,8,12,14H2,1-2H3/b20-15+/t16-/m0/s1. The molecule has 1 aliphatic rings. The van der Waals surface area contributed by atoms with Gasteiger partial charge in [0.05, 0.1) is 24.4 Å². The molecule has 3 aromatic rings. The highest BCUT2D eigenvalue weighted by Crippen LogP contribution is 2.33. The van der Waals surface area contributed by atoms with Crippen LogP contribution in [0.15, 0.2) is 60.8 Å². The Balaban J connectivity index is 1.82. The third-order valence-corrected chi connectivity index (χ3v) is 5.41. The number of nitrogens with one attached hydrogen (secondary N) is 1. The molecule has 2 aromatic carbocycles. The van der Waals surface area contributed by atoms with Gasteiger partial charge in [-0.3, -0.25) is 0 Å². The molecular formula is C23H24N2O2. The summed E-state index contributed by atoms with van der Waals surface area (Å²) >= 11 is 0. The predicted octanol–water partition coefficient (Wildman–Crippen LogP) is 4.69. The number of ether oxygens (including phenoxy) is 1. The van der Waals surface area contributed by atoms with Gasteiger partial charge < -0.3 is 14.6 Å². The summed E-state index contributed by atoms with van der Waals surface area (Å²) in [4.78, 5) is 18.3. The SMILES string of the molecule is COC(=O)/C1=C/N([C@@H](C)c2ccccc2)CCCc2c1[nH]c1ccccc21. The number of para-hydroxylation sites is 1. The average molecular weight is 360 g/mol. The van der Waals surface area contributed by atoms with Crippen LogP contribution in [0.4, 0.5) is 0 Å². The number of H-pyrrole nitrogens is 1. The summed E-state index contributed by atoms with van der Waals surface area (Å²) in [5.74, 6) is -0.310. The molecule has 1 aromatic heterocycles. The monoisotopic (exact) mass is 360 g/mol. The Morgan fingerprint density at radius 3 is 2.63 bits per heavy atom. The first-order valence-electron chi connectivity index (χ1n) is 9.40. The molecule has 0 fully saturated rings. The lowest BCUT2D eigenvalue weighted by atomic mass is 9.98. The van der Waals surface area contributed by atoms with Crippen molar-refractivity contribution in [2.45, 2.75) is 25.8 Å². The summed E-state index contributed by atoms with van der Waals surface area (Å²) in [6, 6.07) is 18.8. The van der Waals surface area contributed by atoms with Crippen molar-refractivity contribution in [3.8, 4) is 0 Å². The van der Waals surface area contributed by atoms with Gasteiger partial charge in [-0.2, -0.15) is 0 Å². The van der Waals surface area contributed by atoms with E-state index in [2.05, 4.69) is 53.2 Å². The molecule has 1 N–H and O–H groups in total. The number of esters is 1. The molecular weight excluding hydrogens is 336 g/mol. The molecule has 138 valence electrons. The maximum atomic E-state index is 12.6. The van der Waals surface area contributed by atoms with Gasteiger partial charge in [-0.25, -0.2) is 4.79 Å². The van der Waals surface area contributed by atoms with Crippen molar-refractivity contribution in [1.29, 1.82) is 0 Å². The molecule has 27 heavy (non-hydrogen) atoms. The number of hydrogen-bond acceptors (Lipinski definition) is 3. The van der Waals surface area contributed by atoms with Crippen LogP contribution in [0.2, 0.25) is 0 Å². The van der Waals surface area contributed by atoms with Gasteiger partial charge in [-0.15, -0.1) is 0 Å². The van der Waals surface area contributed by atoms with E-state index < -0.39 is 0 Å². The van der Waals surface area contributed by atoms with E-state index in [1.165, 1.54) is 23.6 Å². The summed E-state index contributed by atoms with van der Waals surface area (Å²) < 4.78 is 5.12. The molecule has 0 spiro atoms. The molecule has 4 rings (SSSR count). The number of hydrogen-bond donors (Lipinski definition) is 1. The van der Waals surface area contributed by atoms with Crippen LogP contribution in [0.25, 0.3) is 16.5 Å². The summed E-state index contributed by atoms with van der Waals surface area (Å²) in [7, 11) is 1.44. The molecule has 4 heteroatoms. The molecule has 0 unspecified atom stereocenters. The number of rotatable bonds is 3. The first-order valence-corrected chi connectivity index (χ1v) is 9.40. The van der Waals surface area contributed by atoms with Crippen LogP contribution in [0.1, 0.15) is 36.2 Å². The van der Waals surface area contributed by atoms with Crippen LogP contribution < -0.4 is 0 Å². The van der Waals surface area contributed by atoms with E-state index >= 15 is 0 Å². The lowest BCUT2D eigenvalue weighted by molar-refractivity contribution is -0.133. The van der Waals surface area contributed by atoms with Gasteiger partial charge in [0, 0.05) is 23.6 Å². The van der Waals surface area contributed by atoms with Gasteiger partial charge >= 0.3 is 5.97 Å². The molecule has 0 radical (unpaired) electrons. The largest absolute Gasteiger partial charge is 0.465 e. The van der Waals surface area contributed by atoms with Crippen LogP contribution in [0.5, 0.6) is 0 Å². The molecule has 0 aliphatic carbocycles. The molecule has 0 bridgehead atoms. The fourth-order valence-corrected chi connectivity index (χ4v) is 3.92. The molecule has 2 heterocycles. The molecule has 1 atom stereocenters. The average Bonchev–Trinajstić information content (AvgIpc) is 3.05. The molecule has 0 amide bonds. The Bertz CT molecular complexity index is 988. The van der Waals surface area contributed by atoms with Gasteiger partial charge in [-0.1, -0.05) is 48.5 Å². The maximum absolute atomic E-state index is 12.6. The Morgan fingerprint density at radius 2 is 1.85 bits per heavy atom. The number of aromatic nitrogens is 1. The fourth-order valence-electron chi connectivity index (χ4n) is 3.92. The third-order valence-electron chi connectivity index (χ3n) is 5.41. The number of carbonyl (C=O) groups excluding carboxylic acids is 1. The van der Waals surface area contributed by atoms with Crippen LogP contribution in [0.3, 0.4) is 0 Å². The zero-order valence-corrected chi connectivity index (χ0v) is 15.7. The van der Waals surface area contributed by atoms with Crippen molar-refractivity contribution in [2.75, 3.05) is 13.7 Å². The minimum absolute atomic E-state index is 0.178. The topological polar surface area (TPSA) is 45.3 Å². The van der Waals surface area contributed by atoms with Crippen molar-refractivity contribution in [2.24, 2.45) is 0 Å². The highest BCUT2D eigenvalue weighted by Gasteiger charge is 2.25. The zero-order chi connectivity index (χ0) is 18.8. The first kappa shape index (κ1) is 17.4. The molecule has 1 aliphatic heterocycles. The van der Waals surface area contributed by atoms with Crippen LogP contribution in [-0.2, 0) is 16.0 Å². The number of aryl methyl sites for hydroxylation is 1. The zero-order valence-electron chi connectivity index (χ0n) is 15.7. The van der Waals surface area contributed by atoms with E-state index in [1.807, 2.05) is 24.4 Å². The van der Waals surface area contributed by atoms with Gasteiger partial charge in [0.15, 0.2) is 0 Å². The van der Waals surface area contributed by atoms with Crippen molar-refractivity contribution in [3.63, 3.8) is 0 Å². The van der Waals surface area contributed by atoms with Crippen LogP contribution in [0, 0.1) is 0 Å². The quantitative estimate of drug-likeness (QED) is 0.689. The predicted molar refractivity (Wildman–Crippen MR) is 108 cm³/mol. The number of benzene rings is 2. The van der Waals surface area contributed by atoms with Gasteiger partial charge in [-0.05, 0) is 37.0 Å². The summed E-state index contributed by atoms with van der Waals surface area (Å²) in [6.07, 6.45) is 3.92. The summed E-state index contributed by atoms with van der Waals surface area (Å²) in [6.45, 7) is 3.06. The molecule has 0 saturated heterocycles. The number of aromatic amines is 1. The van der Waals surface area contributed by atoms with Crippen LogP contribution >= 0.6 is 0 Å². The minimum Gasteiger partial charge on any atom is -0.465 e.